The van der Waals surface area contributed by atoms with Crippen molar-refractivity contribution >= 4 is 5.91 Å². The molecule has 1 aromatic heterocycles. The lowest BCUT2D eigenvalue weighted by molar-refractivity contribution is -0.117. The molecule has 1 rings (SSSR count). The van der Waals surface area contributed by atoms with E-state index in [0.29, 0.717) is 5.69 Å². The summed E-state index contributed by atoms with van der Waals surface area (Å²) in [7, 11) is 0. The molecule has 5 nitrogen and oxygen atoms in total. The van der Waals surface area contributed by atoms with Crippen LogP contribution in [0, 0.1) is 0 Å². The average Bonchev–Trinajstić information content (AvgIpc) is 2.46. The molecule has 2 N–H and O–H groups in total. The van der Waals surface area contributed by atoms with Crippen molar-refractivity contribution in [3.05, 3.63) is 11.4 Å². The molecule has 0 bridgehead atoms. The van der Waals surface area contributed by atoms with Crippen LogP contribution in [0.4, 0.5) is 0 Å². The van der Waals surface area contributed by atoms with E-state index in [9.17, 15) is 4.79 Å². The Morgan fingerprint density at radius 2 is 2.00 bits per heavy atom. The van der Waals surface area contributed by atoms with Gasteiger partial charge in [0.15, 0.2) is 0 Å². The molecule has 5 heteroatoms. The van der Waals surface area contributed by atoms with Gasteiger partial charge in [-0.25, -0.2) is 4.68 Å². The van der Waals surface area contributed by atoms with Gasteiger partial charge in [0.25, 0.3) is 0 Å². The van der Waals surface area contributed by atoms with Crippen molar-refractivity contribution < 1.29 is 4.79 Å². The quantitative estimate of drug-likeness (QED) is 0.806. The third-order valence-corrected chi connectivity index (χ3v) is 2.18. The Labute approximate surface area is 89.6 Å². The van der Waals surface area contributed by atoms with Crippen LogP contribution in [-0.4, -0.2) is 20.9 Å². The molecule has 1 amide bonds. The maximum absolute atomic E-state index is 10.9. The molecule has 84 valence electrons. The van der Waals surface area contributed by atoms with Gasteiger partial charge in [-0.3, -0.25) is 4.79 Å². The number of carbonyl (C=O) groups excluding carboxylic acids is 1. The maximum atomic E-state index is 10.9. The van der Waals surface area contributed by atoms with Crippen LogP contribution in [-0.2, 0) is 11.2 Å². The summed E-state index contributed by atoms with van der Waals surface area (Å²) < 4.78 is 1.85. The van der Waals surface area contributed by atoms with E-state index in [1.165, 1.54) is 0 Å². The van der Waals surface area contributed by atoms with Gasteiger partial charge in [-0.15, -0.1) is 5.10 Å². The van der Waals surface area contributed by atoms with Crippen molar-refractivity contribution in [3.8, 4) is 0 Å². The number of carbonyl (C=O) groups is 1. The van der Waals surface area contributed by atoms with Crippen LogP contribution >= 0.6 is 0 Å². The molecule has 1 aromatic rings. The summed E-state index contributed by atoms with van der Waals surface area (Å²) in [5.74, 6) is -0.0792. The van der Waals surface area contributed by atoms with Crippen molar-refractivity contribution in [1.29, 1.82) is 0 Å². The first-order valence-electron chi connectivity index (χ1n) is 5.15. The zero-order valence-corrected chi connectivity index (χ0v) is 9.69. The molecule has 1 heterocycles. The predicted octanol–water partition coefficient (Wildman–Crippen LogP) is 1.01. The highest BCUT2D eigenvalue weighted by Crippen LogP contribution is 2.20. The molecule has 0 saturated heterocycles. The summed E-state index contributed by atoms with van der Waals surface area (Å²) in [6, 6.07) is 0.247. The van der Waals surface area contributed by atoms with Crippen molar-refractivity contribution in [2.24, 2.45) is 5.73 Å². The number of hydrogen-bond donors (Lipinski definition) is 1. The Bertz CT molecular complexity index is 354. The normalized spacial score (nSPS) is 11.3. The van der Waals surface area contributed by atoms with Crippen LogP contribution < -0.4 is 5.73 Å². The largest absolute Gasteiger partial charge is 0.369 e. The fourth-order valence-electron chi connectivity index (χ4n) is 1.60. The molecular formula is C10H18N4O. The summed E-state index contributed by atoms with van der Waals surface area (Å²) in [5, 5.41) is 8.06. The minimum absolute atomic E-state index is 0.167. The van der Waals surface area contributed by atoms with Gasteiger partial charge in [0.1, 0.15) is 0 Å². The Morgan fingerprint density at radius 3 is 2.40 bits per heavy atom. The summed E-state index contributed by atoms with van der Waals surface area (Å²) in [5.41, 5.74) is 6.87. The molecule has 0 atom stereocenters. The van der Waals surface area contributed by atoms with Crippen molar-refractivity contribution in [3.63, 3.8) is 0 Å². The van der Waals surface area contributed by atoms with E-state index in [1.807, 2.05) is 18.5 Å². The van der Waals surface area contributed by atoms with E-state index in [1.54, 1.807) is 0 Å². The molecule has 0 aromatic carbocycles. The number of amides is 1. The van der Waals surface area contributed by atoms with Gasteiger partial charge >= 0.3 is 0 Å². The second kappa shape index (κ2) is 4.42. The van der Waals surface area contributed by atoms with Gasteiger partial charge < -0.3 is 5.73 Å². The molecule has 0 aliphatic rings. The minimum Gasteiger partial charge on any atom is -0.369 e. The van der Waals surface area contributed by atoms with Crippen LogP contribution in [0.5, 0.6) is 0 Å². The Kier molecular flexibility index (Phi) is 3.44. The average molecular weight is 210 g/mol. The van der Waals surface area contributed by atoms with Crippen LogP contribution in [0.15, 0.2) is 0 Å². The summed E-state index contributed by atoms with van der Waals surface area (Å²) in [4.78, 5) is 10.9. The number of nitrogens with zero attached hydrogens (tertiary/aromatic N) is 3. The molecular weight excluding hydrogens is 192 g/mol. The molecule has 0 aliphatic heterocycles. The van der Waals surface area contributed by atoms with Gasteiger partial charge in [0.2, 0.25) is 5.91 Å². The van der Waals surface area contributed by atoms with Crippen LogP contribution in [0.1, 0.15) is 51.0 Å². The highest BCUT2D eigenvalue weighted by atomic mass is 16.1. The monoisotopic (exact) mass is 210 g/mol. The maximum Gasteiger partial charge on any atom is 0.223 e. The lowest BCUT2D eigenvalue weighted by atomic mass is 10.1. The van der Waals surface area contributed by atoms with Crippen molar-refractivity contribution in [2.75, 3.05) is 0 Å². The van der Waals surface area contributed by atoms with E-state index in [4.69, 9.17) is 5.73 Å². The minimum atomic E-state index is -0.368. The third kappa shape index (κ3) is 2.55. The third-order valence-electron chi connectivity index (χ3n) is 2.18. The van der Waals surface area contributed by atoms with Crippen LogP contribution in [0.2, 0.25) is 0 Å². The Hall–Kier alpha value is -1.39. The van der Waals surface area contributed by atoms with E-state index in [0.717, 1.165) is 5.69 Å². The SMILES string of the molecule is CC(C)c1c(CC(N)=O)nnn1C(C)C. The Balaban J connectivity index is 3.12. The van der Waals surface area contributed by atoms with Crippen molar-refractivity contribution in [2.45, 2.75) is 46.1 Å². The van der Waals surface area contributed by atoms with E-state index < -0.39 is 0 Å². The molecule has 0 aliphatic carbocycles. The van der Waals surface area contributed by atoms with Gasteiger partial charge in [-0.05, 0) is 19.8 Å². The second-order valence-electron chi connectivity index (χ2n) is 4.26. The first-order valence-corrected chi connectivity index (χ1v) is 5.15. The smallest absolute Gasteiger partial charge is 0.223 e. The van der Waals surface area contributed by atoms with Crippen molar-refractivity contribution in [1.82, 2.24) is 15.0 Å². The molecule has 0 radical (unpaired) electrons. The summed E-state index contributed by atoms with van der Waals surface area (Å²) in [6.45, 7) is 8.19. The lowest BCUT2D eigenvalue weighted by Gasteiger charge is -2.13. The van der Waals surface area contributed by atoms with Gasteiger partial charge in [-0.1, -0.05) is 19.1 Å². The van der Waals surface area contributed by atoms with E-state index >= 15 is 0 Å². The zero-order valence-electron chi connectivity index (χ0n) is 9.69. The van der Waals surface area contributed by atoms with E-state index in [-0.39, 0.29) is 24.3 Å². The summed E-state index contributed by atoms with van der Waals surface area (Å²) in [6.07, 6.45) is 0.167. The Morgan fingerprint density at radius 1 is 1.40 bits per heavy atom. The fraction of sp³-hybridized carbons (Fsp3) is 0.700. The lowest BCUT2D eigenvalue weighted by Crippen LogP contribution is -2.16. The molecule has 0 saturated carbocycles. The first kappa shape index (κ1) is 11.7. The zero-order chi connectivity index (χ0) is 11.6. The number of rotatable bonds is 4. The standard InChI is InChI=1S/C10H18N4O/c1-6(2)10-8(5-9(11)15)12-13-14(10)7(3)4/h6-7H,5H2,1-4H3,(H2,11,15). The fourth-order valence-corrected chi connectivity index (χ4v) is 1.60. The molecule has 0 spiro atoms. The second-order valence-corrected chi connectivity index (χ2v) is 4.26. The van der Waals surface area contributed by atoms with Gasteiger partial charge in [-0.2, -0.15) is 0 Å². The molecule has 15 heavy (non-hydrogen) atoms. The van der Waals surface area contributed by atoms with Crippen LogP contribution in [0.25, 0.3) is 0 Å². The van der Waals surface area contributed by atoms with Gasteiger partial charge in [0.05, 0.1) is 17.8 Å². The van der Waals surface area contributed by atoms with E-state index in [2.05, 4.69) is 24.2 Å². The predicted molar refractivity (Wildman–Crippen MR) is 57.4 cm³/mol. The molecule has 0 unspecified atom stereocenters. The number of hydrogen-bond acceptors (Lipinski definition) is 3. The van der Waals surface area contributed by atoms with Gasteiger partial charge in [0, 0.05) is 6.04 Å². The van der Waals surface area contributed by atoms with Crippen LogP contribution in [0.3, 0.4) is 0 Å². The highest BCUT2D eigenvalue weighted by molar-refractivity contribution is 5.76. The number of nitrogens with two attached hydrogens (primary N) is 1. The number of primary amides is 1. The summed E-state index contributed by atoms with van der Waals surface area (Å²) >= 11 is 0. The first-order chi connectivity index (χ1) is 6.93. The number of aromatic nitrogens is 3. The topological polar surface area (TPSA) is 73.8 Å². The highest BCUT2D eigenvalue weighted by Gasteiger charge is 2.18. The molecule has 0 fully saturated rings.